The molecule has 1 heterocycles. The monoisotopic (exact) mass is 521 g/mol. The SMILES string of the molecule is CCOc1ccc(NC(=O)CC2C(=O)N(CCc3ccccc3)C(=S)N2Cc2ccc(Cl)cc2)cc1. The average Bonchev–Trinajstić information content (AvgIpc) is 3.09. The molecule has 8 heteroatoms. The smallest absolute Gasteiger partial charge is 0.252 e. The van der Waals surface area contributed by atoms with Crippen molar-refractivity contribution in [1.29, 1.82) is 0 Å². The third-order valence-corrected chi connectivity index (χ3v) is 6.67. The van der Waals surface area contributed by atoms with Crippen LogP contribution in [-0.4, -0.2) is 45.9 Å². The standard InChI is InChI=1S/C28H28ClN3O3S/c1-2-35-24-14-12-23(13-15-24)30-26(33)18-25-27(34)31(17-16-20-6-4-3-5-7-20)28(36)32(25)19-21-8-10-22(29)11-9-21/h3-15,25H,2,16-19H2,1H3,(H,30,33). The first kappa shape index (κ1) is 25.7. The summed E-state index contributed by atoms with van der Waals surface area (Å²) >= 11 is 11.8. The number of ether oxygens (including phenoxy) is 1. The van der Waals surface area contributed by atoms with Crippen molar-refractivity contribution in [3.8, 4) is 5.75 Å². The summed E-state index contributed by atoms with van der Waals surface area (Å²) < 4.78 is 5.45. The minimum Gasteiger partial charge on any atom is -0.494 e. The fourth-order valence-electron chi connectivity index (χ4n) is 4.14. The Hall–Kier alpha value is -3.42. The third-order valence-electron chi connectivity index (χ3n) is 5.96. The molecule has 1 saturated heterocycles. The molecule has 0 saturated carbocycles. The normalized spacial score (nSPS) is 15.3. The molecule has 1 atom stereocenters. The maximum absolute atomic E-state index is 13.5. The van der Waals surface area contributed by atoms with E-state index < -0.39 is 6.04 Å². The fraction of sp³-hybridized carbons (Fsp3) is 0.250. The summed E-state index contributed by atoms with van der Waals surface area (Å²) in [6.45, 7) is 3.34. The molecule has 1 aliphatic heterocycles. The quantitative estimate of drug-likeness (QED) is 0.366. The Bertz CT molecular complexity index is 1200. The number of hydrogen-bond acceptors (Lipinski definition) is 4. The van der Waals surface area contributed by atoms with Gasteiger partial charge in [-0.1, -0.05) is 54.1 Å². The van der Waals surface area contributed by atoms with Crippen molar-refractivity contribution in [2.45, 2.75) is 32.4 Å². The first-order chi connectivity index (χ1) is 17.4. The van der Waals surface area contributed by atoms with Crippen LogP contribution in [0.2, 0.25) is 5.02 Å². The highest BCUT2D eigenvalue weighted by Crippen LogP contribution is 2.25. The summed E-state index contributed by atoms with van der Waals surface area (Å²) in [6.07, 6.45) is 0.661. The van der Waals surface area contributed by atoms with Gasteiger partial charge in [0.15, 0.2) is 5.11 Å². The van der Waals surface area contributed by atoms with E-state index in [9.17, 15) is 9.59 Å². The number of hydrogen-bond donors (Lipinski definition) is 1. The lowest BCUT2D eigenvalue weighted by molar-refractivity contribution is -0.130. The van der Waals surface area contributed by atoms with Crippen molar-refractivity contribution in [3.05, 3.63) is 95.0 Å². The molecule has 4 rings (SSSR count). The molecule has 1 fully saturated rings. The predicted molar refractivity (Wildman–Crippen MR) is 146 cm³/mol. The van der Waals surface area contributed by atoms with Gasteiger partial charge in [-0.15, -0.1) is 0 Å². The highest BCUT2D eigenvalue weighted by atomic mass is 35.5. The number of nitrogens with one attached hydrogen (secondary N) is 1. The second kappa shape index (κ2) is 12.0. The fourth-order valence-corrected chi connectivity index (χ4v) is 4.64. The molecule has 2 amide bonds. The van der Waals surface area contributed by atoms with Gasteiger partial charge in [0.05, 0.1) is 13.0 Å². The van der Waals surface area contributed by atoms with Crippen LogP contribution in [0.4, 0.5) is 5.69 Å². The first-order valence-electron chi connectivity index (χ1n) is 11.9. The molecule has 1 aliphatic rings. The Balaban J connectivity index is 1.48. The van der Waals surface area contributed by atoms with Crippen LogP contribution in [0.15, 0.2) is 78.9 Å². The Morgan fingerprint density at radius 3 is 2.36 bits per heavy atom. The molecule has 3 aromatic carbocycles. The molecule has 0 bridgehead atoms. The summed E-state index contributed by atoms with van der Waals surface area (Å²) in [5, 5.41) is 3.95. The second-order valence-electron chi connectivity index (χ2n) is 8.49. The number of anilines is 1. The Morgan fingerprint density at radius 2 is 1.69 bits per heavy atom. The number of nitrogens with zero attached hydrogens (tertiary/aromatic N) is 2. The molecule has 1 N–H and O–H groups in total. The molecule has 0 spiro atoms. The number of halogens is 1. The van der Waals surface area contributed by atoms with E-state index >= 15 is 0 Å². The average molecular weight is 522 g/mol. The van der Waals surface area contributed by atoms with Crippen LogP contribution < -0.4 is 10.1 Å². The van der Waals surface area contributed by atoms with Crippen LogP contribution in [0.25, 0.3) is 0 Å². The summed E-state index contributed by atoms with van der Waals surface area (Å²) in [5.41, 5.74) is 2.71. The Labute approximate surface area is 221 Å². The van der Waals surface area contributed by atoms with Crippen LogP contribution in [0.1, 0.15) is 24.5 Å². The van der Waals surface area contributed by atoms with E-state index in [1.54, 1.807) is 41.3 Å². The summed E-state index contributed by atoms with van der Waals surface area (Å²) in [5.74, 6) is 0.313. The van der Waals surface area contributed by atoms with Crippen molar-refractivity contribution in [2.24, 2.45) is 0 Å². The molecule has 0 radical (unpaired) electrons. The number of thiocarbonyl (C=S) groups is 1. The van der Waals surface area contributed by atoms with Gasteiger partial charge >= 0.3 is 0 Å². The van der Waals surface area contributed by atoms with E-state index in [0.29, 0.717) is 41.9 Å². The lowest BCUT2D eigenvalue weighted by atomic mass is 10.1. The predicted octanol–water partition coefficient (Wildman–Crippen LogP) is 5.31. The van der Waals surface area contributed by atoms with Crippen molar-refractivity contribution < 1.29 is 14.3 Å². The van der Waals surface area contributed by atoms with Gasteiger partial charge in [0.1, 0.15) is 11.8 Å². The van der Waals surface area contributed by atoms with E-state index in [2.05, 4.69) is 5.32 Å². The van der Waals surface area contributed by atoms with Crippen molar-refractivity contribution in [3.63, 3.8) is 0 Å². The van der Waals surface area contributed by atoms with E-state index in [1.165, 1.54) is 0 Å². The molecular formula is C28H28ClN3O3S. The lowest BCUT2D eigenvalue weighted by Gasteiger charge is -2.24. The lowest BCUT2D eigenvalue weighted by Crippen LogP contribution is -2.37. The minimum absolute atomic E-state index is 0.0123. The van der Waals surface area contributed by atoms with Crippen LogP contribution in [0, 0.1) is 0 Å². The van der Waals surface area contributed by atoms with Gasteiger partial charge in [0.25, 0.3) is 5.91 Å². The molecule has 1 unspecified atom stereocenters. The van der Waals surface area contributed by atoms with Gasteiger partial charge < -0.3 is 15.0 Å². The van der Waals surface area contributed by atoms with E-state index in [1.807, 2.05) is 54.3 Å². The Morgan fingerprint density at radius 1 is 1.00 bits per heavy atom. The number of rotatable bonds is 10. The van der Waals surface area contributed by atoms with Gasteiger partial charge in [-0.25, -0.2) is 0 Å². The molecule has 6 nitrogen and oxygen atoms in total. The van der Waals surface area contributed by atoms with E-state index in [-0.39, 0.29) is 18.2 Å². The maximum atomic E-state index is 13.5. The van der Waals surface area contributed by atoms with Gasteiger partial charge in [0, 0.05) is 23.8 Å². The van der Waals surface area contributed by atoms with Crippen LogP contribution in [0.5, 0.6) is 5.75 Å². The summed E-state index contributed by atoms with van der Waals surface area (Å²) in [4.78, 5) is 29.9. The zero-order valence-corrected chi connectivity index (χ0v) is 21.6. The molecule has 3 aromatic rings. The number of amides is 2. The molecule has 0 aromatic heterocycles. The third kappa shape index (κ3) is 6.42. The van der Waals surface area contributed by atoms with Crippen molar-refractivity contribution in [1.82, 2.24) is 9.80 Å². The highest BCUT2D eigenvalue weighted by Gasteiger charge is 2.43. The highest BCUT2D eigenvalue weighted by molar-refractivity contribution is 7.80. The number of benzene rings is 3. The van der Waals surface area contributed by atoms with E-state index in [0.717, 1.165) is 16.9 Å². The zero-order valence-electron chi connectivity index (χ0n) is 20.0. The van der Waals surface area contributed by atoms with Crippen LogP contribution in [0.3, 0.4) is 0 Å². The van der Waals surface area contributed by atoms with Gasteiger partial charge in [0.2, 0.25) is 5.91 Å². The Kier molecular flexibility index (Phi) is 8.57. The molecule has 0 aliphatic carbocycles. The van der Waals surface area contributed by atoms with Gasteiger partial charge in [-0.05, 0) is 73.1 Å². The van der Waals surface area contributed by atoms with Crippen LogP contribution >= 0.6 is 23.8 Å². The van der Waals surface area contributed by atoms with Gasteiger partial charge in [-0.3, -0.25) is 14.5 Å². The largest absolute Gasteiger partial charge is 0.494 e. The summed E-state index contributed by atoms with van der Waals surface area (Å²) in [7, 11) is 0. The second-order valence-corrected chi connectivity index (χ2v) is 9.29. The van der Waals surface area contributed by atoms with Crippen LogP contribution in [-0.2, 0) is 22.6 Å². The molecule has 186 valence electrons. The van der Waals surface area contributed by atoms with E-state index in [4.69, 9.17) is 28.6 Å². The number of carbonyl (C=O) groups excluding carboxylic acids is 2. The maximum Gasteiger partial charge on any atom is 0.252 e. The minimum atomic E-state index is -0.688. The molecular weight excluding hydrogens is 494 g/mol. The zero-order chi connectivity index (χ0) is 25.5. The van der Waals surface area contributed by atoms with Crippen molar-refractivity contribution in [2.75, 3.05) is 18.5 Å². The van der Waals surface area contributed by atoms with Crippen molar-refractivity contribution >= 4 is 46.4 Å². The summed E-state index contributed by atoms with van der Waals surface area (Å²) in [6, 6.07) is 23.8. The molecule has 36 heavy (non-hydrogen) atoms. The number of carbonyl (C=O) groups is 2. The van der Waals surface area contributed by atoms with Gasteiger partial charge in [-0.2, -0.15) is 0 Å². The topological polar surface area (TPSA) is 61.9 Å². The first-order valence-corrected chi connectivity index (χ1v) is 12.7.